The van der Waals surface area contributed by atoms with Crippen LogP contribution in [0, 0.1) is 0 Å². The number of nitrogens with zero attached hydrogens (tertiary/aromatic N) is 4. The van der Waals surface area contributed by atoms with Crippen LogP contribution in [0.2, 0.25) is 0 Å². The van der Waals surface area contributed by atoms with Gasteiger partial charge in [0.05, 0.1) is 0 Å². The molecule has 1 aliphatic rings. The fourth-order valence-corrected chi connectivity index (χ4v) is 3.60. The summed E-state index contributed by atoms with van der Waals surface area (Å²) >= 11 is 0. The zero-order chi connectivity index (χ0) is 19.3. The lowest BCUT2D eigenvalue weighted by atomic mass is 10.1. The first-order valence-corrected chi connectivity index (χ1v) is 9.80. The highest BCUT2D eigenvalue weighted by Crippen LogP contribution is 2.13. The highest BCUT2D eigenvalue weighted by molar-refractivity contribution is 5.75. The Morgan fingerprint density at radius 2 is 1.75 bits per heavy atom. The smallest absolute Gasteiger partial charge is 0.350 e. The van der Waals surface area contributed by atoms with Crippen LogP contribution in [0.15, 0.2) is 53.5 Å². The molecule has 0 bridgehead atoms. The van der Waals surface area contributed by atoms with Crippen molar-refractivity contribution in [2.45, 2.75) is 38.9 Å². The molecule has 146 valence electrons. The van der Waals surface area contributed by atoms with Gasteiger partial charge in [0, 0.05) is 19.3 Å². The van der Waals surface area contributed by atoms with Crippen LogP contribution in [-0.2, 0) is 24.4 Å². The van der Waals surface area contributed by atoms with Crippen LogP contribution in [0.4, 0.5) is 0 Å². The van der Waals surface area contributed by atoms with E-state index in [0.717, 1.165) is 12.1 Å². The average molecular weight is 379 g/mol. The van der Waals surface area contributed by atoms with Crippen LogP contribution in [0.1, 0.15) is 30.4 Å². The van der Waals surface area contributed by atoms with E-state index in [2.05, 4.69) is 39.6 Å². The van der Waals surface area contributed by atoms with Crippen molar-refractivity contribution in [2.24, 2.45) is 0 Å². The van der Waals surface area contributed by atoms with E-state index in [1.54, 1.807) is 24.4 Å². The van der Waals surface area contributed by atoms with Crippen LogP contribution in [0.25, 0.3) is 5.65 Å². The molecule has 7 heteroatoms. The number of hydrogen-bond acceptors (Lipinski definition) is 4. The van der Waals surface area contributed by atoms with E-state index in [1.165, 1.54) is 47.0 Å². The molecule has 4 rings (SSSR count). The van der Waals surface area contributed by atoms with Gasteiger partial charge >= 0.3 is 5.69 Å². The Balaban J connectivity index is 1.30. The molecule has 1 N–H and O–H groups in total. The molecule has 0 saturated carbocycles. The lowest BCUT2D eigenvalue weighted by Crippen LogP contribution is -2.32. The molecule has 2 aromatic heterocycles. The Hall–Kier alpha value is -2.93. The van der Waals surface area contributed by atoms with Crippen molar-refractivity contribution in [1.82, 2.24) is 24.4 Å². The van der Waals surface area contributed by atoms with Gasteiger partial charge in [0.25, 0.3) is 0 Å². The first-order valence-electron chi connectivity index (χ1n) is 9.80. The monoisotopic (exact) mass is 379 g/mol. The molecule has 0 aliphatic carbocycles. The van der Waals surface area contributed by atoms with Crippen LogP contribution < -0.4 is 11.0 Å². The third-order valence-corrected chi connectivity index (χ3v) is 5.15. The number of pyridine rings is 1. The minimum absolute atomic E-state index is 0.0897. The molecule has 3 heterocycles. The van der Waals surface area contributed by atoms with Crippen molar-refractivity contribution in [3.05, 3.63) is 70.3 Å². The van der Waals surface area contributed by atoms with Gasteiger partial charge < -0.3 is 5.32 Å². The topological polar surface area (TPSA) is 71.6 Å². The summed E-state index contributed by atoms with van der Waals surface area (Å²) < 4.78 is 2.61. The number of aromatic nitrogens is 3. The van der Waals surface area contributed by atoms with E-state index in [9.17, 15) is 9.59 Å². The standard InChI is InChI=1S/C21H25N5O2/c27-20(16-26-21(28)25-13-5-2-6-19(25)23-26)22-14-17-7-9-18(10-8-17)15-24-11-3-1-4-12-24/h2,5-10,13H,1,3-4,11-12,14-16H2,(H,22,27). The van der Waals surface area contributed by atoms with E-state index < -0.39 is 0 Å². The van der Waals surface area contributed by atoms with E-state index in [4.69, 9.17) is 0 Å². The van der Waals surface area contributed by atoms with Crippen LogP contribution in [0.3, 0.4) is 0 Å². The van der Waals surface area contributed by atoms with Gasteiger partial charge in [0.15, 0.2) is 5.65 Å². The Labute approximate surface area is 163 Å². The second-order valence-electron chi connectivity index (χ2n) is 7.30. The minimum Gasteiger partial charge on any atom is -0.350 e. The molecule has 1 saturated heterocycles. The molecule has 3 aromatic rings. The fourth-order valence-electron chi connectivity index (χ4n) is 3.60. The molecule has 1 aromatic carbocycles. The van der Waals surface area contributed by atoms with Gasteiger partial charge in [-0.25, -0.2) is 9.48 Å². The average Bonchev–Trinajstić information content (AvgIpc) is 3.04. The van der Waals surface area contributed by atoms with E-state index >= 15 is 0 Å². The number of piperidine rings is 1. The van der Waals surface area contributed by atoms with Crippen molar-refractivity contribution in [1.29, 1.82) is 0 Å². The number of fused-ring (bicyclic) bond motifs is 1. The molecule has 0 radical (unpaired) electrons. The first-order chi connectivity index (χ1) is 13.7. The zero-order valence-electron chi connectivity index (χ0n) is 15.9. The zero-order valence-corrected chi connectivity index (χ0v) is 15.9. The summed E-state index contributed by atoms with van der Waals surface area (Å²) in [6.45, 7) is 3.70. The van der Waals surface area contributed by atoms with Gasteiger partial charge in [-0.15, -0.1) is 5.10 Å². The third kappa shape index (κ3) is 4.31. The van der Waals surface area contributed by atoms with Gasteiger partial charge in [-0.1, -0.05) is 36.8 Å². The molecule has 0 spiro atoms. The Morgan fingerprint density at radius 1 is 1.00 bits per heavy atom. The van der Waals surface area contributed by atoms with Gasteiger partial charge in [-0.3, -0.25) is 14.1 Å². The largest absolute Gasteiger partial charge is 0.350 e. The maximum Gasteiger partial charge on any atom is 0.350 e. The minimum atomic E-state index is -0.312. The SMILES string of the molecule is O=C(Cn1nc2ccccn2c1=O)NCc1ccc(CN2CCCCC2)cc1. The first kappa shape index (κ1) is 18.4. The molecular formula is C21H25N5O2. The Morgan fingerprint density at radius 3 is 2.50 bits per heavy atom. The van der Waals surface area contributed by atoms with Crippen LogP contribution in [0.5, 0.6) is 0 Å². The van der Waals surface area contributed by atoms with Gasteiger partial charge in [-0.2, -0.15) is 0 Å². The molecule has 28 heavy (non-hydrogen) atoms. The second kappa shape index (κ2) is 8.39. The highest BCUT2D eigenvalue weighted by atomic mass is 16.2. The Bertz CT molecular complexity index is 1000. The summed E-state index contributed by atoms with van der Waals surface area (Å²) in [4.78, 5) is 26.9. The maximum absolute atomic E-state index is 12.2. The van der Waals surface area contributed by atoms with Crippen molar-refractivity contribution in [2.75, 3.05) is 13.1 Å². The second-order valence-corrected chi connectivity index (χ2v) is 7.30. The summed E-state index contributed by atoms with van der Waals surface area (Å²) in [5.41, 5.74) is 2.56. The van der Waals surface area contributed by atoms with Gasteiger partial charge in [-0.05, 0) is 49.2 Å². The van der Waals surface area contributed by atoms with E-state index in [0.29, 0.717) is 12.2 Å². The van der Waals surface area contributed by atoms with Gasteiger partial charge in [0.2, 0.25) is 5.91 Å². The number of benzene rings is 1. The molecular weight excluding hydrogens is 354 g/mol. The molecule has 1 aliphatic heterocycles. The molecule has 0 unspecified atom stereocenters. The van der Waals surface area contributed by atoms with Crippen molar-refractivity contribution >= 4 is 11.6 Å². The lowest BCUT2D eigenvalue weighted by Gasteiger charge is -2.26. The number of nitrogens with one attached hydrogen (secondary N) is 1. The fraction of sp³-hybridized carbons (Fsp3) is 0.381. The number of carbonyl (C=O) groups is 1. The predicted octanol–water partition coefficient (Wildman–Crippen LogP) is 1.80. The van der Waals surface area contributed by atoms with Crippen molar-refractivity contribution in [3.63, 3.8) is 0 Å². The summed E-state index contributed by atoms with van der Waals surface area (Å²) in [5, 5.41) is 7.04. The van der Waals surface area contributed by atoms with Crippen molar-refractivity contribution in [3.8, 4) is 0 Å². The molecule has 1 amide bonds. The number of hydrogen-bond donors (Lipinski definition) is 1. The molecule has 7 nitrogen and oxygen atoms in total. The van der Waals surface area contributed by atoms with Crippen LogP contribution >= 0.6 is 0 Å². The van der Waals surface area contributed by atoms with Crippen LogP contribution in [-0.4, -0.2) is 38.1 Å². The molecule has 1 fully saturated rings. The number of rotatable bonds is 6. The predicted molar refractivity (Wildman–Crippen MR) is 107 cm³/mol. The summed E-state index contributed by atoms with van der Waals surface area (Å²) in [6.07, 6.45) is 5.57. The number of carbonyl (C=O) groups excluding carboxylic acids is 1. The lowest BCUT2D eigenvalue weighted by molar-refractivity contribution is -0.122. The molecule has 0 atom stereocenters. The summed E-state index contributed by atoms with van der Waals surface area (Å²) in [5.74, 6) is -0.233. The van der Waals surface area contributed by atoms with Gasteiger partial charge in [0.1, 0.15) is 6.54 Å². The summed E-state index contributed by atoms with van der Waals surface area (Å²) in [6, 6.07) is 13.7. The van der Waals surface area contributed by atoms with E-state index in [-0.39, 0.29) is 18.1 Å². The summed E-state index contributed by atoms with van der Waals surface area (Å²) in [7, 11) is 0. The van der Waals surface area contributed by atoms with E-state index in [1.807, 2.05) is 0 Å². The normalized spacial score (nSPS) is 15.0. The number of amides is 1. The maximum atomic E-state index is 12.2. The highest BCUT2D eigenvalue weighted by Gasteiger charge is 2.11. The quantitative estimate of drug-likeness (QED) is 0.709. The van der Waals surface area contributed by atoms with Crippen molar-refractivity contribution < 1.29 is 4.79 Å². The Kier molecular flexibility index (Phi) is 5.53. The third-order valence-electron chi connectivity index (χ3n) is 5.15. The number of likely N-dealkylation sites (tertiary alicyclic amines) is 1.